The number of aromatic nitrogens is 6. The van der Waals surface area contributed by atoms with Gasteiger partial charge in [0.2, 0.25) is 5.88 Å². The molecule has 0 spiro atoms. The summed E-state index contributed by atoms with van der Waals surface area (Å²) >= 11 is 0. The standard InChI is InChI=1S/C44H67N3O10SSi.C29H45N3O8Si.C22H29N3O9/c1-17-36-37(57-59(15,16)44(11,12)13)23-38(55-36)46-24-30(25-54-40(43(8,9)10)34-22-31(53-14)18-19-35(34)47(49)50)41(45-42(46)48)56-58(51,52)39-32(27(4)5)20-29(26(2)3)21-33(39)28(6)7;1-11-22-23(40-41(9,10)29(5,6)7)15-24(39-22)31-16-18(26(33)30-27(31)34)17-38-25(28(2,3)4)20-14-19(37-8)12-13-21(20)32(35)36;1-22(2,3)19(14-7-13(32-4)5-6-15(14)25(30)31)33-11-12-9-24(21(29)23-20(12)28)18-8-16(27)17(10-26)34-18/h18-22,24,26-28,36-38,40H,17,23,25H2,1-16H3;12-14,16,22-25H,11,15,17H2,1-10H3,(H,30,33,34);5-7,9,16-19,26-27H,8,10-11H2,1-4H3,(H,23,28,29)/t36-,37-,38-,40-;22-,23-,24-,25-;16-,17-,18-,19-/m111/s1. The molecule has 3 aromatic heterocycles. The van der Waals surface area contributed by atoms with Crippen molar-refractivity contribution in [1.82, 2.24) is 28.7 Å². The number of ether oxygens (including phenoxy) is 9. The van der Waals surface area contributed by atoms with Crippen molar-refractivity contribution in [1.29, 1.82) is 0 Å². The maximum absolute atomic E-state index is 14.6. The molecule has 0 radical (unpaired) electrons. The van der Waals surface area contributed by atoms with Gasteiger partial charge >= 0.3 is 27.2 Å². The van der Waals surface area contributed by atoms with Crippen LogP contribution in [0.2, 0.25) is 36.3 Å². The van der Waals surface area contributed by atoms with E-state index >= 15 is 0 Å². The fourth-order valence-electron chi connectivity index (χ4n) is 15.8. The maximum Gasteiger partial charge on any atom is 0.353 e. The Hall–Kier alpha value is -9.50. The lowest BCUT2D eigenvalue weighted by atomic mass is 9.83. The second kappa shape index (κ2) is 43.9. The van der Waals surface area contributed by atoms with Gasteiger partial charge in [0.25, 0.3) is 28.2 Å². The number of nitrogens with zero attached hydrogens (tertiary/aromatic N) is 7. The Labute approximate surface area is 786 Å². The van der Waals surface area contributed by atoms with Crippen LogP contribution >= 0.6 is 0 Å². The monoisotopic (exact) mass is 1930 g/mol. The van der Waals surface area contributed by atoms with Gasteiger partial charge in [0.15, 0.2) is 16.6 Å². The molecule has 0 unspecified atom stereocenters. The Morgan fingerprint density at radius 2 is 0.821 bits per heavy atom. The molecule has 6 heterocycles. The number of methoxy groups -OCH3 is 3. The minimum atomic E-state index is -4.60. The van der Waals surface area contributed by atoms with Crippen LogP contribution in [0.15, 0.2) is 114 Å². The summed E-state index contributed by atoms with van der Waals surface area (Å²) in [7, 11) is -4.51. The molecule has 0 saturated carbocycles. The molecular weight excluding hydrogens is 1790 g/mol. The predicted octanol–water partition coefficient (Wildman–Crippen LogP) is 17.9. The summed E-state index contributed by atoms with van der Waals surface area (Å²) in [5.41, 5.74) is -2.15. The molecule has 0 aliphatic carbocycles. The SMILES string of the molecule is CC[C@H]1O[C@@H](n2cc(CO[C@H](c3cc(OC)ccc3[N+](=O)[O-])C(C)(C)C)c(=O)[nH]c2=O)C[C@H]1O[Si](C)(C)C(C)(C)C.CC[C@H]1O[C@@H](n2cc(CO[C@H](c3cc(OC)ccc3[N+](=O)[O-])C(C)(C)C)c(OS(=O)(=O)c3c(C(C)C)cc(C(C)C)cc3C(C)C)nc2=O)C[C@H]1O[Si](C)(C)C(C)(C)C.COc1ccc([N+](=O)[O-])c([C@@H](OCc2cn([C@H]3C[C@@H](O)[C@@H](CO)O3)c(=O)[nH]c2=O)C(C)(C)C)c1. The van der Waals surface area contributed by atoms with Crippen LogP contribution in [0.3, 0.4) is 0 Å². The van der Waals surface area contributed by atoms with Crippen LogP contribution in [0.4, 0.5) is 17.1 Å². The Balaban J connectivity index is 0.000000258. The maximum atomic E-state index is 14.6. The molecule has 3 fully saturated rings. The summed E-state index contributed by atoms with van der Waals surface area (Å²) in [6.45, 7) is 53.3. The molecule has 134 heavy (non-hydrogen) atoms. The lowest BCUT2D eigenvalue weighted by molar-refractivity contribution is -0.386. The van der Waals surface area contributed by atoms with E-state index < -0.39 is 148 Å². The van der Waals surface area contributed by atoms with Crippen molar-refractivity contribution in [2.75, 3.05) is 27.9 Å². The summed E-state index contributed by atoms with van der Waals surface area (Å²) in [4.78, 5) is 108. The number of aromatic amines is 2. The van der Waals surface area contributed by atoms with Gasteiger partial charge in [0.1, 0.15) is 46.9 Å². The Bertz CT molecular complexity index is 5710. The third-order valence-electron chi connectivity index (χ3n) is 25.3. The first-order valence-electron chi connectivity index (χ1n) is 45.3. The van der Waals surface area contributed by atoms with Crippen molar-refractivity contribution in [2.24, 2.45) is 16.2 Å². The van der Waals surface area contributed by atoms with Crippen molar-refractivity contribution < 1.29 is 89.1 Å². The first-order chi connectivity index (χ1) is 62.0. The van der Waals surface area contributed by atoms with E-state index in [1.165, 1.54) is 91.5 Å². The summed E-state index contributed by atoms with van der Waals surface area (Å²) in [6, 6.07) is 17.1. The molecule has 36 nitrogen and oxygen atoms in total. The fraction of sp³-hybridized carbons (Fsp3) is 0.621. The number of hydrogen-bond donors (Lipinski definition) is 4. The average molecular weight is 1930 g/mol. The summed E-state index contributed by atoms with van der Waals surface area (Å²) < 4.78 is 106. The number of rotatable bonds is 34. The first kappa shape index (κ1) is 110. The van der Waals surface area contributed by atoms with Gasteiger partial charge in [-0.1, -0.05) is 171 Å². The van der Waals surface area contributed by atoms with Crippen LogP contribution in [-0.2, 0) is 67.2 Å². The molecule has 0 bridgehead atoms. The van der Waals surface area contributed by atoms with Crippen molar-refractivity contribution in [3.63, 3.8) is 0 Å². The quantitative estimate of drug-likeness (QED) is 0.0126. The van der Waals surface area contributed by atoms with Crippen LogP contribution < -0.4 is 46.6 Å². The zero-order valence-corrected chi connectivity index (χ0v) is 86.1. The number of aliphatic hydroxyl groups is 2. The highest BCUT2D eigenvalue weighted by Gasteiger charge is 2.49. The molecule has 3 saturated heterocycles. The van der Waals surface area contributed by atoms with Gasteiger partial charge in [-0.3, -0.25) is 63.6 Å². The van der Waals surface area contributed by atoms with Gasteiger partial charge in [-0.25, -0.2) is 14.4 Å². The number of H-pyrrole nitrogens is 2. The van der Waals surface area contributed by atoms with Gasteiger partial charge in [-0.15, -0.1) is 0 Å². The van der Waals surface area contributed by atoms with Gasteiger partial charge in [-0.05, 0) is 136 Å². The molecule has 4 aromatic carbocycles. The van der Waals surface area contributed by atoms with E-state index in [0.717, 1.165) is 16.6 Å². The third kappa shape index (κ3) is 26.4. The minimum absolute atomic E-state index is 0.0180. The molecular formula is C95H141N9O27SSi2. The van der Waals surface area contributed by atoms with Crippen molar-refractivity contribution in [3.05, 3.63) is 218 Å². The Kier molecular flexibility index (Phi) is 36.0. The number of hydrogen-bond acceptors (Lipinski definition) is 28. The van der Waals surface area contributed by atoms with E-state index in [0.29, 0.717) is 53.2 Å². The number of nitro benzene ring substituents is 3. The van der Waals surface area contributed by atoms with E-state index in [2.05, 4.69) is 96.5 Å². The van der Waals surface area contributed by atoms with Crippen LogP contribution in [0.1, 0.15) is 296 Å². The summed E-state index contributed by atoms with van der Waals surface area (Å²) in [6.07, 6.45) is -1.03. The highest BCUT2D eigenvalue weighted by atomic mass is 32.2. The topological polar surface area (TPSA) is 459 Å². The smallest absolute Gasteiger partial charge is 0.353 e. The van der Waals surface area contributed by atoms with Gasteiger partial charge in [0.05, 0.1) is 145 Å². The summed E-state index contributed by atoms with van der Waals surface area (Å²) in [5.74, 6) is 0.611. The number of nitro groups is 3. The molecule has 0 amide bonds. The van der Waals surface area contributed by atoms with Crippen LogP contribution in [-0.4, -0.2) is 143 Å². The van der Waals surface area contributed by atoms with Gasteiger partial charge in [0, 0.05) is 56.1 Å². The largest absolute Gasteiger partial charge is 0.497 e. The molecule has 10 rings (SSSR count). The zero-order valence-electron chi connectivity index (χ0n) is 83.2. The van der Waals surface area contributed by atoms with E-state index in [-0.39, 0.29) is 128 Å². The number of aliphatic hydroxyl groups excluding tert-OH is 2. The van der Waals surface area contributed by atoms with Crippen LogP contribution in [0.25, 0.3) is 0 Å². The zero-order chi connectivity index (χ0) is 101. The van der Waals surface area contributed by atoms with Crippen LogP contribution in [0.5, 0.6) is 23.1 Å². The second-order valence-electron chi connectivity index (χ2n) is 41.6. The summed E-state index contributed by atoms with van der Waals surface area (Å²) in [5, 5.41) is 55.0. The van der Waals surface area contributed by atoms with E-state index in [1.54, 1.807) is 12.1 Å². The number of benzene rings is 4. The van der Waals surface area contributed by atoms with Crippen molar-refractivity contribution in [2.45, 2.75) is 344 Å². The highest BCUT2D eigenvalue weighted by molar-refractivity contribution is 7.87. The van der Waals surface area contributed by atoms with Gasteiger partial charge in [-0.2, -0.15) is 13.4 Å². The van der Waals surface area contributed by atoms with Crippen molar-refractivity contribution >= 4 is 43.8 Å². The minimum Gasteiger partial charge on any atom is -0.497 e. The molecule has 3 aliphatic heterocycles. The Morgan fingerprint density at radius 3 is 1.12 bits per heavy atom. The molecule has 3 aliphatic rings. The molecule has 4 N–H and O–H groups in total. The molecule has 39 heteroatoms. The first-order valence-corrected chi connectivity index (χ1v) is 52.6. The van der Waals surface area contributed by atoms with E-state index in [1.807, 2.05) is 116 Å². The normalized spacial score (nSPS) is 19.9. The predicted molar refractivity (Wildman–Crippen MR) is 511 cm³/mol. The third-order valence-corrected chi connectivity index (χ3v) is 35.6. The molecule has 12 atom stereocenters. The van der Waals surface area contributed by atoms with E-state index in [9.17, 15) is 72.9 Å². The van der Waals surface area contributed by atoms with Crippen molar-refractivity contribution in [3.8, 4) is 23.1 Å². The van der Waals surface area contributed by atoms with Gasteiger partial charge < -0.3 is 65.9 Å². The average Bonchev–Trinajstić information content (AvgIpc) is 0.846. The lowest BCUT2D eigenvalue weighted by Gasteiger charge is -2.39. The number of nitrogens with one attached hydrogen (secondary N) is 2. The highest BCUT2D eigenvalue weighted by Crippen LogP contribution is 2.49. The second-order valence-corrected chi connectivity index (χ2v) is 52.6. The van der Waals surface area contributed by atoms with Crippen LogP contribution in [0, 0.1) is 46.6 Å². The van der Waals surface area contributed by atoms with E-state index in [4.69, 9.17) is 55.7 Å². The molecule has 742 valence electrons. The molecule has 7 aromatic rings. The fourth-order valence-corrected chi connectivity index (χ4v) is 20.1. The Morgan fingerprint density at radius 1 is 0.493 bits per heavy atom. The lowest BCUT2D eigenvalue weighted by Crippen LogP contribution is -2.45.